The molecule has 1 amide bonds. The minimum absolute atomic E-state index is 0.0931. The Morgan fingerprint density at radius 2 is 1.90 bits per heavy atom. The van der Waals surface area contributed by atoms with Gasteiger partial charge in [-0.25, -0.2) is 0 Å². The van der Waals surface area contributed by atoms with Crippen molar-refractivity contribution < 1.29 is 9.63 Å². The van der Waals surface area contributed by atoms with Crippen LogP contribution in [0.5, 0.6) is 0 Å². The first kappa shape index (κ1) is 17.8. The summed E-state index contributed by atoms with van der Waals surface area (Å²) in [4.78, 5) is 19.0. The number of carbonyl (C=O) groups is 1. The van der Waals surface area contributed by atoms with Crippen molar-refractivity contribution in [3.63, 3.8) is 0 Å². The fourth-order valence-corrected chi connectivity index (χ4v) is 2.23. The van der Waals surface area contributed by atoms with Crippen molar-refractivity contribution in [2.45, 2.75) is 58.4 Å². The summed E-state index contributed by atoms with van der Waals surface area (Å²) in [6, 6.07) is 0. The standard InChI is InChI=1S/C15H30N4O2/c1-4-15(2,3)17-14(20)12-21-18-13(16)11-19-9-7-5-6-8-10-19/h4-12H2,1-3H3,(H2,16,18)(H,17,20). The van der Waals surface area contributed by atoms with Gasteiger partial charge in [-0.15, -0.1) is 0 Å². The van der Waals surface area contributed by atoms with Gasteiger partial charge in [0.05, 0.1) is 6.54 Å². The van der Waals surface area contributed by atoms with Crippen LogP contribution in [0.25, 0.3) is 0 Å². The first-order chi connectivity index (χ1) is 9.93. The average molecular weight is 298 g/mol. The van der Waals surface area contributed by atoms with Gasteiger partial charge in [0.2, 0.25) is 0 Å². The van der Waals surface area contributed by atoms with Crippen LogP contribution in [0.4, 0.5) is 0 Å². The minimum atomic E-state index is -0.220. The lowest BCUT2D eigenvalue weighted by atomic mass is 10.0. The maximum absolute atomic E-state index is 11.7. The quantitative estimate of drug-likeness (QED) is 0.423. The Labute approximate surface area is 128 Å². The molecule has 122 valence electrons. The molecule has 1 heterocycles. The SMILES string of the molecule is CCC(C)(C)NC(=O)CO/N=C(\N)CN1CCCCCC1. The van der Waals surface area contributed by atoms with Crippen LogP contribution in [-0.2, 0) is 9.63 Å². The number of nitrogens with two attached hydrogens (primary N) is 1. The molecule has 1 rings (SSSR count). The van der Waals surface area contributed by atoms with E-state index in [1.807, 2.05) is 20.8 Å². The lowest BCUT2D eigenvalue weighted by molar-refractivity contribution is -0.127. The largest absolute Gasteiger partial charge is 0.384 e. The number of amides is 1. The molecule has 0 saturated carbocycles. The van der Waals surface area contributed by atoms with Crippen LogP contribution in [-0.4, -0.2) is 48.4 Å². The molecule has 3 N–H and O–H groups in total. The van der Waals surface area contributed by atoms with Crippen molar-refractivity contribution in [2.24, 2.45) is 10.9 Å². The Bertz CT molecular complexity index is 348. The van der Waals surface area contributed by atoms with Crippen molar-refractivity contribution in [2.75, 3.05) is 26.2 Å². The monoisotopic (exact) mass is 298 g/mol. The highest BCUT2D eigenvalue weighted by Crippen LogP contribution is 2.09. The summed E-state index contributed by atoms with van der Waals surface area (Å²) >= 11 is 0. The van der Waals surface area contributed by atoms with Gasteiger partial charge in [-0.2, -0.15) is 0 Å². The van der Waals surface area contributed by atoms with E-state index >= 15 is 0 Å². The van der Waals surface area contributed by atoms with Crippen LogP contribution < -0.4 is 11.1 Å². The molecular weight excluding hydrogens is 268 g/mol. The molecule has 0 aromatic carbocycles. The molecule has 0 radical (unpaired) electrons. The van der Waals surface area contributed by atoms with E-state index in [0.29, 0.717) is 12.4 Å². The first-order valence-corrected chi connectivity index (χ1v) is 7.90. The third kappa shape index (κ3) is 7.90. The molecule has 1 aliphatic rings. The van der Waals surface area contributed by atoms with Crippen molar-refractivity contribution >= 4 is 11.7 Å². The highest BCUT2D eigenvalue weighted by atomic mass is 16.6. The van der Waals surface area contributed by atoms with Gasteiger partial charge in [-0.3, -0.25) is 9.69 Å². The zero-order valence-corrected chi connectivity index (χ0v) is 13.7. The van der Waals surface area contributed by atoms with Gasteiger partial charge in [0.1, 0.15) is 0 Å². The molecule has 0 spiro atoms. The maximum Gasteiger partial charge on any atom is 0.261 e. The Kier molecular flexibility index (Phi) is 7.50. The molecule has 0 unspecified atom stereocenters. The van der Waals surface area contributed by atoms with E-state index in [-0.39, 0.29) is 18.1 Å². The Morgan fingerprint density at radius 3 is 2.48 bits per heavy atom. The Morgan fingerprint density at radius 1 is 1.29 bits per heavy atom. The molecule has 1 fully saturated rings. The van der Waals surface area contributed by atoms with Gasteiger partial charge in [0.15, 0.2) is 12.4 Å². The van der Waals surface area contributed by atoms with E-state index in [1.165, 1.54) is 25.7 Å². The second kappa shape index (κ2) is 8.87. The minimum Gasteiger partial charge on any atom is -0.384 e. The molecule has 1 aliphatic heterocycles. The zero-order valence-electron chi connectivity index (χ0n) is 13.7. The third-order valence-electron chi connectivity index (χ3n) is 3.82. The topological polar surface area (TPSA) is 79.9 Å². The van der Waals surface area contributed by atoms with E-state index in [0.717, 1.165) is 19.5 Å². The average Bonchev–Trinajstić information content (AvgIpc) is 2.66. The number of hydrogen-bond acceptors (Lipinski definition) is 4. The second-order valence-corrected chi connectivity index (χ2v) is 6.33. The fourth-order valence-electron chi connectivity index (χ4n) is 2.23. The number of nitrogens with one attached hydrogen (secondary N) is 1. The van der Waals surface area contributed by atoms with E-state index < -0.39 is 0 Å². The summed E-state index contributed by atoms with van der Waals surface area (Å²) in [6.07, 6.45) is 5.86. The number of nitrogens with zero attached hydrogens (tertiary/aromatic N) is 2. The van der Waals surface area contributed by atoms with Crippen molar-refractivity contribution in [1.82, 2.24) is 10.2 Å². The molecule has 0 aromatic heterocycles. The molecule has 0 aromatic rings. The van der Waals surface area contributed by atoms with Gasteiger partial charge in [-0.1, -0.05) is 24.9 Å². The second-order valence-electron chi connectivity index (χ2n) is 6.33. The predicted molar refractivity (Wildman–Crippen MR) is 85.0 cm³/mol. The summed E-state index contributed by atoms with van der Waals surface area (Å²) in [5, 5.41) is 6.72. The molecular formula is C15H30N4O2. The molecule has 0 atom stereocenters. The maximum atomic E-state index is 11.7. The van der Waals surface area contributed by atoms with E-state index in [2.05, 4.69) is 15.4 Å². The molecule has 0 bridgehead atoms. The summed E-state index contributed by atoms with van der Waals surface area (Å²) in [5.41, 5.74) is 5.63. The molecule has 6 heteroatoms. The van der Waals surface area contributed by atoms with Crippen LogP contribution >= 0.6 is 0 Å². The Hall–Kier alpha value is -1.30. The molecule has 1 saturated heterocycles. The normalized spacial score (nSPS) is 18.1. The Balaban J connectivity index is 2.26. The van der Waals surface area contributed by atoms with Gasteiger partial charge in [0.25, 0.3) is 5.91 Å². The van der Waals surface area contributed by atoms with E-state index in [4.69, 9.17) is 10.6 Å². The zero-order chi connectivity index (χ0) is 15.7. The highest BCUT2D eigenvalue weighted by Gasteiger charge is 2.18. The van der Waals surface area contributed by atoms with Crippen molar-refractivity contribution in [3.8, 4) is 0 Å². The number of likely N-dealkylation sites (tertiary alicyclic amines) is 1. The van der Waals surface area contributed by atoms with E-state index in [1.54, 1.807) is 0 Å². The van der Waals surface area contributed by atoms with Gasteiger partial charge >= 0.3 is 0 Å². The first-order valence-electron chi connectivity index (χ1n) is 7.90. The van der Waals surface area contributed by atoms with Crippen LogP contribution in [0.2, 0.25) is 0 Å². The van der Waals surface area contributed by atoms with Gasteiger partial charge in [0, 0.05) is 5.54 Å². The van der Waals surface area contributed by atoms with Crippen LogP contribution in [0.3, 0.4) is 0 Å². The van der Waals surface area contributed by atoms with Gasteiger partial charge in [-0.05, 0) is 46.2 Å². The van der Waals surface area contributed by atoms with Crippen LogP contribution in [0, 0.1) is 0 Å². The summed E-state index contributed by atoms with van der Waals surface area (Å²) < 4.78 is 0. The highest BCUT2D eigenvalue weighted by molar-refractivity contribution is 5.82. The summed E-state index contributed by atoms with van der Waals surface area (Å²) in [6.45, 7) is 8.61. The van der Waals surface area contributed by atoms with Crippen LogP contribution in [0.15, 0.2) is 5.16 Å². The molecule has 6 nitrogen and oxygen atoms in total. The number of rotatable bonds is 7. The van der Waals surface area contributed by atoms with Gasteiger partial charge < -0.3 is 15.9 Å². The van der Waals surface area contributed by atoms with Crippen LogP contribution in [0.1, 0.15) is 52.9 Å². The van der Waals surface area contributed by atoms with Crippen molar-refractivity contribution in [1.29, 1.82) is 0 Å². The molecule has 0 aliphatic carbocycles. The summed E-state index contributed by atoms with van der Waals surface area (Å²) in [7, 11) is 0. The smallest absolute Gasteiger partial charge is 0.261 e. The number of carbonyl (C=O) groups excluding carboxylic acids is 1. The van der Waals surface area contributed by atoms with Crippen molar-refractivity contribution in [3.05, 3.63) is 0 Å². The fraction of sp³-hybridized carbons (Fsp3) is 0.867. The predicted octanol–water partition coefficient (Wildman–Crippen LogP) is 1.46. The van der Waals surface area contributed by atoms with E-state index in [9.17, 15) is 4.79 Å². The number of amidine groups is 1. The summed E-state index contributed by atoms with van der Waals surface area (Å²) in [5.74, 6) is 0.257. The molecule has 21 heavy (non-hydrogen) atoms. The lowest BCUT2D eigenvalue weighted by Gasteiger charge is -2.24. The number of oxime groups is 1. The number of hydrogen-bond donors (Lipinski definition) is 2. The lowest BCUT2D eigenvalue weighted by Crippen LogP contribution is -2.44. The third-order valence-corrected chi connectivity index (χ3v) is 3.82.